The monoisotopic (exact) mass is 205 g/mol. The molecule has 1 heterocycles. The summed E-state index contributed by atoms with van der Waals surface area (Å²) in [5.41, 5.74) is 2.18. The topological polar surface area (TPSA) is 75.6 Å². The van der Waals surface area contributed by atoms with Gasteiger partial charge in [0.15, 0.2) is 0 Å². The maximum absolute atomic E-state index is 11.1. The number of rotatable bonds is 1. The van der Waals surface area contributed by atoms with E-state index in [9.17, 15) is 14.7 Å². The molecule has 1 amide bonds. The van der Waals surface area contributed by atoms with Crippen LogP contribution in [0.3, 0.4) is 0 Å². The van der Waals surface area contributed by atoms with Gasteiger partial charge in [-0.05, 0) is 12.1 Å². The van der Waals surface area contributed by atoms with E-state index in [2.05, 4.69) is 4.84 Å². The number of carbonyl (C=O) groups is 2. The van der Waals surface area contributed by atoms with Crippen LogP contribution >= 0.6 is 0 Å². The van der Waals surface area contributed by atoms with Gasteiger partial charge in [0.2, 0.25) is 0 Å². The molecule has 15 heavy (non-hydrogen) atoms. The molecule has 1 saturated heterocycles. The lowest BCUT2D eigenvalue weighted by atomic mass is 10.1. The van der Waals surface area contributed by atoms with Crippen LogP contribution in [0.25, 0.3) is 6.08 Å². The zero-order valence-corrected chi connectivity index (χ0v) is 7.56. The zero-order chi connectivity index (χ0) is 10.8. The molecule has 0 aromatic heterocycles. The highest BCUT2D eigenvalue weighted by Crippen LogP contribution is 2.20. The van der Waals surface area contributed by atoms with Gasteiger partial charge in [-0.2, -0.15) is 5.48 Å². The van der Waals surface area contributed by atoms with E-state index in [4.69, 9.17) is 0 Å². The van der Waals surface area contributed by atoms with E-state index in [1.54, 1.807) is 18.2 Å². The molecule has 0 atom stereocenters. The Balaban J connectivity index is 2.42. The average Bonchev–Trinajstić information content (AvgIpc) is 2.53. The standard InChI is InChI=1S/C10H7NO4/c12-8-4-2-1-3-6(8)5-7-9(13)11-15-10(7)14/h1-5,12H,(H,11,13)/b7-5+. The summed E-state index contributed by atoms with van der Waals surface area (Å²) >= 11 is 0. The van der Waals surface area contributed by atoms with Gasteiger partial charge < -0.3 is 9.94 Å². The number of hydrogen-bond acceptors (Lipinski definition) is 4. The first-order valence-corrected chi connectivity index (χ1v) is 4.19. The first-order valence-electron chi connectivity index (χ1n) is 4.19. The summed E-state index contributed by atoms with van der Waals surface area (Å²) in [6.07, 6.45) is 1.28. The second-order valence-corrected chi connectivity index (χ2v) is 2.94. The second-order valence-electron chi connectivity index (χ2n) is 2.94. The van der Waals surface area contributed by atoms with Crippen LogP contribution in [0.1, 0.15) is 5.56 Å². The van der Waals surface area contributed by atoms with Crippen molar-refractivity contribution in [1.29, 1.82) is 0 Å². The third-order valence-electron chi connectivity index (χ3n) is 1.94. The summed E-state index contributed by atoms with van der Waals surface area (Å²) in [5, 5.41) is 9.41. The highest BCUT2D eigenvalue weighted by molar-refractivity contribution is 6.22. The molecule has 2 rings (SSSR count). The lowest BCUT2D eigenvalue weighted by Crippen LogP contribution is -2.12. The minimum atomic E-state index is -0.747. The third-order valence-corrected chi connectivity index (χ3v) is 1.94. The summed E-state index contributed by atoms with van der Waals surface area (Å²) in [6.45, 7) is 0. The van der Waals surface area contributed by atoms with Gasteiger partial charge in [0.25, 0.3) is 5.91 Å². The normalized spacial score (nSPS) is 17.7. The fourth-order valence-electron chi connectivity index (χ4n) is 1.18. The highest BCUT2D eigenvalue weighted by Gasteiger charge is 2.28. The molecule has 0 saturated carbocycles. The number of nitrogens with one attached hydrogen (secondary N) is 1. The molecule has 5 nitrogen and oxygen atoms in total. The molecular formula is C10H7NO4. The van der Waals surface area contributed by atoms with Crippen LogP contribution in [-0.4, -0.2) is 17.0 Å². The van der Waals surface area contributed by atoms with Gasteiger partial charge in [-0.15, -0.1) is 0 Å². The van der Waals surface area contributed by atoms with E-state index in [0.29, 0.717) is 5.56 Å². The van der Waals surface area contributed by atoms with E-state index in [1.807, 2.05) is 5.48 Å². The predicted octanol–water partition coefficient (Wildman–Crippen LogP) is 0.364. The van der Waals surface area contributed by atoms with Gasteiger partial charge in [-0.25, -0.2) is 4.79 Å². The van der Waals surface area contributed by atoms with Crippen molar-refractivity contribution < 1.29 is 19.5 Å². The number of benzene rings is 1. The van der Waals surface area contributed by atoms with Crippen LogP contribution in [0.15, 0.2) is 29.8 Å². The van der Waals surface area contributed by atoms with Crippen molar-refractivity contribution in [3.63, 3.8) is 0 Å². The fourth-order valence-corrected chi connectivity index (χ4v) is 1.18. The second kappa shape index (κ2) is 3.45. The fraction of sp³-hybridized carbons (Fsp3) is 0. The van der Waals surface area contributed by atoms with E-state index in [0.717, 1.165) is 0 Å². The number of hydrogen-bond donors (Lipinski definition) is 2. The number of aromatic hydroxyl groups is 1. The van der Waals surface area contributed by atoms with Gasteiger partial charge in [0.1, 0.15) is 11.3 Å². The van der Waals surface area contributed by atoms with Crippen LogP contribution in [0.4, 0.5) is 0 Å². The number of amides is 1. The van der Waals surface area contributed by atoms with Crippen LogP contribution in [0.5, 0.6) is 5.75 Å². The molecule has 1 fully saturated rings. The number of carbonyl (C=O) groups excluding carboxylic acids is 2. The van der Waals surface area contributed by atoms with Crippen molar-refractivity contribution in [2.45, 2.75) is 0 Å². The maximum Gasteiger partial charge on any atom is 0.368 e. The van der Waals surface area contributed by atoms with Crippen molar-refractivity contribution in [2.24, 2.45) is 0 Å². The molecule has 1 aliphatic heterocycles. The summed E-state index contributed by atoms with van der Waals surface area (Å²) < 4.78 is 0. The largest absolute Gasteiger partial charge is 0.507 e. The number of phenolic OH excluding ortho intramolecular Hbond substituents is 1. The van der Waals surface area contributed by atoms with Crippen molar-refractivity contribution in [3.05, 3.63) is 35.4 Å². The number of para-hydroxylation sites is 1. The van der Waals surface area contributed by atoms with Gasteiger partial charge in [-0.1, -0.05) is 18.2 Å². The van der Waals surface area contributed by atoms with Gasteiger partial charge >= 0.3 is 5.97 Å². The third kappa shape index (κ3) is 1.67. The Morgan fingerprint density at radius 1 is 1.27 bits per heavy atom. The lowest BCUT2D eigenvalue weighted by molar-refractivity contribution is -0.143. The molecule has 0 bridgehead atoms. The Kier molecular flexibility index (Phi) is 2.13. The first-order chi connectivity index (χ1) is 7.18. The van der Waals surface area contributed by atoms with Crippen LogP contribution in [-0.2, 0) is 14.4 Å². The molecule has 76 valence electrons. The number of hydroxylamine groups is 1. The molecule has 1 aromatic carbocycles. The van der Waals surface area contributed by atoms with E-state index in [1.165, 1.54) is 12.1 Å². The lowest BCUT2D eigenvalue weighted by Gasteiger charge is -1.96. The average molecular weight is 205 g/mol. The molecule has 1 aliphatic rings. The zero-order valence-electron chi connectivity index (χ0n) is 7.56. The first kappa shape index (κ1) is 9.26. The summed E-state index contributed by atoms with van der Waals surface area (Å²) in [7, 11) is 0. The van der Waals surface area contributed by atoms with Crippen LogP contribution in [0.2, 0.25) is 0 Å². The quantitative estimate of drug-likeness (QED) is 0.512. The molecular weight excluding hydrogens is 198 g/mol. The molecule has 5 heteroatoms. The Bertz CT molecular complexity index is 446. The van der Waals surface area contributed by atoms with E-state index >= 15 is 0 Å². The minimum Gasteiger partial charge on any atom is -0.507 e. The van der Waals surface area contributed by atoms with Crippen LogP contribution in [0, 0.1) is 0 Å². The molecule has 2 N–H and O–H groups in total. The smallest absolute Gasteiger partial charge is 0.368 e. The molecule has 0 unspecified atom stereocenters. The predicted molar refractivity (Wildman–Crippen MR) is 50.3 cm³/mol. The van der Waals surface area contributed by atoms with Gasteiger partial charge in [-0.3, -0.25) is 4.79 Å². The van der Waals surface area contributed by atoms with Crippen molar-refractivity contribution in [3.8, 4) is 5.75 Å². The van der Waals surface area contributed by atoms with Crippen molar-refractivity contribution >= 4 is 18.0 Å². The summed E-state index contributed by atoms with van der Waals surface area (Å²) in [5.74, 6) is -1.36. The Morgan fingerprint density at radius 2 is 2.00 bits per heavy atom. The summed E-state index contributed by atoms with van der Waals surface area (Å²) in [6, 6.07) is 6.38. The molecule has 1 aromatic rings. The number of phenols is 1. The van der Waals surface area contributed by atoms with E-state index in [-0.39, 0.29) is 11.3 Å². The molecule has 0 spiro atoms. The highest BCUT2D eigenvalue weighted by atomic mass is 16.7. The molecule has 0 radical (unpaired) electrons. The Morgan fingerprint density at radius 3 is 2.60 bits per heavy atom. The van der Waals surface area contributed by atoms with Gasteiger partial charge in [0, 0.05) is 5.56 Å². The SMILES string of the molecule is O=C1NOC(=O)/C1=C/c1ccccc1O. The van der Waals surface area contributed by atoms with Gasteiger partial charge in [0.05, 0.1) is 0 Å². The Hall–Kier alpha value is -2.30. The van der Waals surface area contributed by atoms with Crippen LogP contribution < -0.4 is 5.48 Å². The molecule has 0 aliphatic carbocycles. The van der Waals surface area contributed by atoms with E-state index < -0.39 is 11.9 Å². The van der Waals surface area contributed by atoms with Crippen molar-refractivity contribution in [1.82, 2.24) is 5.48 Å². The summed E-state index contributed by atoms with van der Waals surface area (Å²) in [4.78, 5) is 26.4. The maximum atomic E-state index is 11.1. The Labute approximate surface area is 84.9 Å². The minimum absolute atomic E-state index is 0.00231. The van der Waals surface area contributed by atoms with Crippen molar-refractivity contribution in [2.75, 3.05) is 0 Å².